The zero-order valence-corrected chi connectivity index (χ0v) is 15.9. The lowest BCUT2D eigenvalue weighted by Crippen LogP contribution is -2.30. The molecule has 1 atom stereocenters. The summed E-state index contributed by atoms with van der Waals surface area (Å²) in [6, 6.07) is 14.0. The van der Waals surface area contributed by atoms with Crippen molar-refractivity contribution in [2.24, 2.45) is 0 Å². The van der Waals surface area contributed by atoms with Gasteiger partial charge in [-0.1, -0.05) is 42.1 Å². The molecular formula is C20H21N5OS. The van der Waals surface area contributed by atoms with Crippen LogP contribution in [0.2, 0.25) is 0 Å². The van der Waals surface area contributed by atoms with Crippen LogP contribution in [0, 0.1) is 0 Å². The number of hydrogen-bond acceptors (Lipinski definition) is 5. The van der Waals surface area contributed by atoms with E-state index in [4.69, 9.17) is 0 Å². The molecule has 2 aromatic heterocycles. The van der Waals surface area contributed by atoms with Gasteiger partial charge in [-0.15, -0.1) is 10.2 Å². The molecule has 6 nitrogen and oxygen atoms in total. The second kappa shape index (κ2) is 7.92. The fourth-order valence-electron chi connectivity index (χ4n) is 2.89. The summed E-state index contributed by atoms with van der Waals surface area (Å²) in [5.74, 6) is 0.821. The molecule has 1 saturated carbocycles. The first kappa shape index (κ1) is 17.7. The van der Waals surface area contributed by atoms with Crippen molar-refractivity contribution in [2.45, 2.75) is 42.8 Å². The maximum atomic E-state index is 12.9. The number of benzene rings is 1. The SMILES string of the molecule is CCn1c(S[C@@H](C(=O)NC2CC2)c2ccccc2)nnc1-c1ccncc1. The van der Waals surface area contributed by atoms with E-state index in [1.165, 1.54) is 11.8 Å². The van der Waals surface area contributed by atoms with E-state index in [0.29, 0.717) is 6.04 Å². The second-order valence-corrected chi connectivity index (χ2v) is 7.55. The number of nitrogens with one attached hydrogen (secondary N) is 1. The van der Waals surface area contributed by atoms with Crippen LogP contribution in [0.5, 0.6) is 0 Å². The average Bonchev–Trinajstić information content (AvgIpc) is 3.43. The highest BCUT2D eigenvalue weighted by molar-refractivity contribution is 8.00. The van der Waals surface area contributed by atoms with E-state index < -0.39 is 0 Å². The molecule has 3 aromatic rings. The van der Waals surface area contributed by atoms with Crippen LogP contribution < -0.4 is 5.32 Å². The molecule has 1 amide bonds. The molecule has 0 bridgehead atoms. The lowest BCUT2D eigenvalue weighted by molar-refractivity contribution is -0.120. The van der Waals surface area contributed by atoms with Crippen molar-refractivity contribution in [3.63, 3.8) is 0 Å². The van der Waals surface area contributed by atoms with Crippen LogP contribution in [0.15, 0.2) is 60.0 Å². The van der Waals surface area contributed by atoms with Gasteiger partial charge in [0.05, 0.1) is 0 Å². The Bertz CT molecular complexity index is 909. The lowest BCUT2D eigenvalue weighted by atomic mass is 10.1. The van der Waals surface area contributed by atoms with E-state index in [2.05, 4.69) is 27.4 Å². The Hall–Kier alpha value is -2.67. The van der Waals surface area contributed by atoms with Crippen molar-refractivity contribution in [2.75, 3.05) is 0 Å². The van der Waals surface area contributed by atoms with Crippen molar-refractivity contribution >= 4 is 17.7 Å². The number of rotatable bonds is 7. The second-order valence-electron chi connectivity index (χ2n) is 6.48. The molecule has 0 saturated heterocycles. The molecule has 2 heterocycles. The van der Waals surface area contributed by atoms with Crippen LogP contribution >= 0.6 is 11.8 Å². The fraction of sp³-hybridized carbons (Fsp3) is 0.300. The van der Waals surface area contributed by atoms with Gasteiger partial charge in [0.25, 0.3) is 0 Å². The molecule has 0 spiro atoms. The van der Waals surface area contributed by atoms with Crippen molar-refractivity contribution in [1.29, 1.82) is 0 Å². The van der Waals surface area contributed by atoms with Crippen LogP contribution in [-0.4, -0.2) is 31.7 Å². The maximum Gasteiger partial charge on any atom is 0.238 e. The largest absolute Gasteiger partial charge is 0.352 e. The van der Waals surface area contributed by atoms with E-state index in [0.717, 1.165) is 41.5 Å². The Morgan fingerprint density at radius 3 is 2.59 bits per heavy atom. The van der Waals surface area contributed by atoms with Crippen molar-refractivity contribution in [3.05, 3.63) is 60.4 Å². The number of pyridine rings is 1. The van der Waals surface area contributed by atoms with Crippen molar-refractivity contribution in [1.82, 2.24) is 25.1 Å². The number of amides is 1. The van der Waals surface area contributed by atoms with Gasteiger partial charge in [-0.2, -0.15) is 0 Å². The third-order valence-corrected chi connectivity index (χ3v) is 5.69. The highest BCUT2D eigenvalue weighted by Crippen LogP contribution is 2.36. The monoisotopic (exact) mass is 379 g/mol. The highest BCUT2D eigenvalue weighted by Gasteiger charge is 2.30. The average molecular weight is 379 g/mol. The molecule has 4 rings (SSSR count). The van der Waals surface area contributed by atoms with Gasteiger partial charge >= 0.3 is 0 Å². The van der Waals surface area contributed by atoms with Crippen LogP contribution in [0.4, 0.5) is 0 Å². The molecule has 7 heteroatoms. The molecule has 0 aliphatic heterocycles. The van der Waals surface area contributed by atoms with Crippen LogP contribution in [0.25, 0.3) is 11.4 Å². The van der Waals surface area contributed by atoms with Gasteiger partial charge in [-0.05, 0) is 37.5 Å². The lowest BCUT2D eigenvalue weighted by Gasteiger charge is -2.17. The molecule has 0 unspecified atom stereocenters. The Morgan fingerprint density at radius 1 is 1.19 bits per heavy atom. The first-order valence-electron chi connectivity index (χ1n) is 9.12. The summed E-state index contributed by atoms with van der Waals surface area (Å²) in [6.45, 7) is 2.78. The molecule has 1 aromatic carbocycles. The van der Waals surface area contributed by atoms with Gasteiger partial charge in [0.1, 0.15) is 5.25 Å². The van der Waals surface area contributed by atoms with E-state index in [1.54, 1.807) is 12.4 Å². The summed E-state index contributed by atoms with van der Waals surface area (Å²) < 4.78 is 2.04. The quantitative estimate of drug-likeness (QED) is 0.637. The Balaban J connectivity index is 1.65. The highest BCUT2D eigenvalue weighted by atomic mass is 32.2. The first-order chi connectivity index (χ1) is 13.3. The first-order valence-corrected chi connectivity index (χ1v) is 9.99. The fourth-order valence-corrected chi connectivity index (χ4v) is 4.00. The van der Waals surface area contributed by atoms with Gasteiger partial charge < -0.3 is 9.88 Å². The van der Waals surface area contributed by atoms with Crippen molar-refractivity contribution in [3.8, 4) is 11.4 Å². The number of thioether (sulfide) groups is 1. The third kappa shape index (κ3) is 4.03. The summed E-state index contributed by atoms with van der Waals surface area (Å²) in [6.07, 6.45) is 5.61. The normalized spacial score (nSPS) is 14.7. The molecule has 1 aliphatic rings. The predicted molar refractivity (Wildman–Crippen MR) is 105 cm³/mol. The minimum Gasteiger partial charge on any atom is -0.352 e. The van der Waals surface area contributed by atoms with Crippen LogP contribution in [0.1, 0.15) is 30.6 Å². The number of nitrogens with zero attached hydrogens (tertiary/aromatic N) is 4. The molecule has 27 heavy (non-hydrogen) atoms. The maximum absolute atomic E-state index is 12.9. The molecular weight excluding hydrogens is 358 g/mol. The van der Waals surface area contributed by atoms with Crippen LogP contribution in [0.3, 0.4) is 0 Å². The molecule has 0 radical (unpaired) electrons. The van der Waals surface area contributed by atoms with Gasteiger partial charge in [-0.3, -0.25) is 9.78 Å². The zero-order valence-electron chi connectivity index (χ0n) is 15.1. The Kier molecular flexibility index (Phi) is 5.20. The Labute approximate surface area is 162 Å². The van der Waals surface area contributed by atoms with Gasteiger partial charge in [0.2, 0.25) is 5.91 Å². The minimum absolute atomic E-state index is 0.0322. The van der Waals surface area contributed by atoms with E-state index in [9.17, 15) is 4.79 Å². The van der Waals surface area contributed by atoms with Crippen LogP contribution in [-0.2, 0) is 11.3 Å². The van der Waals surface area contributed by atoms with E-state index in [1.807, 2.05) is 47.0 Å². The topological polar surface area (TPSA) is 72.7 Å². The molecule has 1 N–H and O–H groups in total. The van der Waals surface area contributed by atoms with E-state index >= 15 is 0 Å². The number of carbonyl (C=O) groups excluding carboxylic acids is 1. The summed E-state index contributed by atoms with van der Waals surface area (Å²) in [7, 11) is 0. The Morgan fingerprint density at radius 2 is 1.93 bits per heavy atom. The predicted octanol–water partition coefficient (Wildman–Crippen LogP) is 3.47. The summed E-state index contributed by atoms with van der Waals surface area (Å²) >= 11 is 1.45. The summed E-state index contributed by atoms with van der Waals surface area (Å²) in [4.78, 5) is 16.9. The molecule has 1 fully saturated rings. The summed E-state index contributed by atoms with van der Waals surface area (Å²) in [5, 5.41) is 12.3. The van der Waals surface area contributed by atoms with E-state index in [-0.39, 0.29) is 11.2 Å². The molecule has 1 aliphatic carbocycles. The van der Waals surface area contributed by atoms with Gasteiger partial charge in [0, 0.05) is 30.5 Å². The van der Waals surface area contributed by atoms with Crippen molar-refractivity contribution < 1.29 is 4.79 Å². The number of hydrogen-bond donors (Lipinski definition) is 1. The zero-order chi connectivity index (χ0) is 18.6. The van der Waals surface area contributed by atoms with Gasteiger partial charge in [-0.25, -0.2) is 0 Å². The standard InChI is InChI=1S/C20H21N5OS/c1-2-25-18(15-10-12-21-13-11-15)23-24-20(25)27-17(14-6-4-3-5-7-14)19(26)22-16-8-9-16/h3-7,10-13,16-17H,2,8-9H2,1H3,(H,22,26)/t17-/m1/s1. The summed E-state index contributed by atoms with van der Waals surface area (Å²) in [5.41, 5.74) is 1.93. The smallest absolute Gasteiger partial charge is 0.238 e. The number of carbonyl (C=O) groups is 1. The minimum atomic E-state index is -0.355. The van der Waals surface area contributed by atoms with Gasteiger partial charge in [0.15, 0.2) is 11.0 Å². The number of aromatic nitrogens is 4. The molecule has 138 valence electrons. The third-order valence-electron chi connectivity index (χ3n) is 4.46.